The summed E-state index contributed by atoms with van der Waals surface area (Å²) in [5.74, 6) is 0. The molecular formula is C21H15BrN4. The lowest BCUT2D eigenvalue weighted by Crippen LogP contribution is -1.99. The number of nitrogens with zero attached hydrogens (tertiary/aromatic N) is 2. The van der Waals surface area contributed by atoms with Crippen molar-refractivity contribution in [2.24, 2.45) is 0 Å². The summed E-state index contributed by atoms with van der Waals surface area (Å²) >= 11 is 3.60. The van der Waals surface area contributed by atoms with Crippen molar-refractivity contribution in [3.8, 4) is 17.2 Å². The Hall–Kier alpha value is -3.10. The lowest BCUT2D eigenvalue weighted by atomic mass is 10.0. The van der Waals surface area contributed by atoms with Gasteiger partial charge >= 0.3 is 0 Å². The summed E-state index contributed by atoms with van der Waals surface area (Å²) in [5.41, 5.74) is 6.32. The Morgan fingerprint density at radius 3 is 2.77 bits per heavy atom. The summed E-state index contributed by atoms with van der Waals surface area (Å²) in [6.07, 6.45) is 5.30. The van der Waals surface area contributed by atoms with Gasteiger partial charge in [-0.25, -0.2) is 0 Å². The Morgan fingerprint density at radius 1 is 1.12 bits per heavy atom. The molecule has 0 bridgehead atoms. The van der Waals surface area contributed by atoms with Crippen LogP contribution in [0.1, 0.15) is 11.1 Å². The Kier molecular flexibility index (Phi) is 4.19. The van der Waals surface area contributed by atoms with Crippen LogP contribution < -0.4 is 5.32 Å². The van der Waals surface area contributed by atoms with Crippen LogP contribution in [0.3, 0.4) is 0 Å². The number of nitriles is 1. The second-order valence-electron chi connectivity index (χ2n) is 6.06. The molecule has 26 heavy (non-hydrogen) atoms. The number of nitrogens with one attached hydrogen (secondary N) is 2. The summed E-state index contributed by atoms with van der Waals surface area (Å²) in [6.45, 7) is 2.07. The summed E-state index contributed by atoms with van der Waals surface area (Å²) in [7, 11) is 0. The Labute approximate surface area is 159 Å². The first kappa shape index (κ1) is 16.4. The third-order valence-corrected chi connectivity index (χ3v) is 5.05. The first-order chi connectivity index (χ1) is 12.7. The van der Waals surface area contributed by atoms with Gasteiger partial charge in [0.1, 0.15) is 6.07 Å². The number of fused-ring (bicyclic) bond motifs is 1. The molecule has 0 amide bonds. The van der Waals surface area contributed by atoms with Crippen molar-refractivity contribution >= 4 is 38.2 Å². The zero-order valence-electron chi connectivity index (χ0n) is 14.0. The Balaban J connectivity index is 1.87. The van der Waals surface area contributed by atoms with Gasteiger partial charge in [0.2, 0.25) is 0 Å². The lowest BCUT2D eigenvalue weighted by molar-refractivity contribution is 1.29. The minimum absolute atomic E-state index is 0.505. The van der Waals surface area contributed by atoms with Crippen LogP contribution in [0.4, 0.5) is 11.4 Å². The van der Waals surface area contributed by atoms with Gasteiger partial charge in [-0.2, -0.15) is 5.26 Å². The molecule has 0 unspecified atom stereocenters. The number of hydrogen-bond acceptors (Lipinski definition) is 3. The number of rotatable bonds is 3. The second-order valence-corrected chi connectivity index (χ2v) is 6.92. The summed E-state index contributed by atoms with van der Waals surface area (Å²) in [4.78, 5) is 7.50. The molecule has 4 rings (SSSR count). The molecule has 0 aliphatic rings. The average molecular weight is 403 g/mol. The van der Waals surface area contributed by atoms with Crippen LogP contribution in [0.5, 0.6) is 0 Å². The van der Waals surface area contributed by atoms with Crippen LogP contribution in [0.2, 0.25) is 0 Å². The van der Waals surface area contributed by atoms with E-state index in [-0.39, 0.29) is 0 Å². The maximum absolute atomic E-state index is 9.58. The number of pyridine rings is 1. The quantitative estimate of drug-likeness (QED) is 0.447. The zero-order valence-corrected chi connectivity index (χ0v) is 15.6. The first-order valence-corrected chi connectivity index (χ1v) is 8.94. The molecule has 0 fully saturated rings. The van der Waals surface area contributed by atoms with E-state index in [1.165, 1.54) is 0 Å². The number of anilines is 2. The highest BCUT2D eigenvalue weighted by molar-refractivity contribution is 9.10. The molecule has 2 N–H and O–H groups in total. The molecule has 126 valence electrons. The highest BCUT2D eigenvalue weighted by Crippen LogP contribution is 2.37. The maximum Gasteiger partial charge on any atom is 0.103 e. The predicted octanol–water partition coefficient (Wildman–Crippen LogP) is 5.92. The van der Waals surface area contributed by atoms with E-state index in [0.29, 0.717) is 5.56 Å². The monoisotopic (exact) mass is 402 g/mol. The molecule has 4 aromatic rings. The summed E-state index contributed by atoms with van der Waals surface area (Å²) in [6, 6.07) is 16.4. The van der Waals surface area contributed by atoms with E-state index in [0.717, 1.165) is 43.4 Å². The third kappa shape index (κ3) is 2.85. The smallest absolute Gasteiger partial charge is 0.103 e. The highest BCUT2D eigenvalue weighted by atomic mass is 79.9. The van der Waals surface area contributed by atoms with Gasteiger partial charge in [0, 0.05) is 45.2 Å². The van der Waals surface area contributed by atoms with Crippen LogP contribution in [0, 0.1) is 18.3 Å². The van der Waals surface area contributed by atoms with Crippen LogP contribution in [0.15, 0.2) is 65.5 Å². The Bertz CT molecular complexity index is 1150. The van der Waals surface area contributed by atoms with Gasteiger partial charge in [0.25, 0.3) is 0 Å². The largest absolute Gasteiger partial charge is 0.361 e. The topological polar surface area (TPSA) is 64.5 Å². The number of aromatic amines is 1. The van der Waals surface area contributed by atoms with Crippen molar-refractivity contribution in [2.45, 2.75) is 6.92 Å². The number of halogens is 1. The van der Waals surface area contributed by atoms with E-state index in [4.69, 9.17) is 0 Å². The second kappa shape index (κ2) is 6.66. The summed E-state index contributed by atoms with van der Waals surface area (Å²) in [5, 5.41) is 14.2. The molecule has 0 aliphatic heterocycles. The van der Waals surface area contributed by atoms with Crippen molar-refractivity contribution < 1.29 is 0 Å². The van der Waals surface area contributed by atoms with Gasteiger partial charge in [-0.3, -0.25) is 4.98 Å². The van der Waals surface area contributed by atoms with Crippen molar-refractivity contribution in [1.29, 1.82) is 5.26 Å². The van der Waals surface area contributed by atoms with Gasteiger partial charge in [-0.15, -0.1) is 0 Å². The molecule has 2 aromatic carbocycles. The average Bonchev–Trinajstić information content (AvgIpc) is 3.12. The fourth-order valence-electron chi connectivity index (χ4n) is 3.14. The van der Waals surface area contributed by atoms with E-state index in [9.17, 15) is 5.26 Å². The maximum atomic E-state index is 9.58. The molecular weight excluding hydrogens is 388 g/mol. The minimum atomic E-state index is 0.505. The Morgan fingerprint density at radius 2 is 1.96 bits per heavy atom. The molecule has 0 saturated carbocycles. The normalized spacial score (nSPS) is 10.7. The molecule has 0 saturated heterocycles. The van der Waals surface area contributed by atoms with E-state index in [1.54, 1.807) is 12.4 Å². The van der Waals surface area contributed by atoms with Gasteiger partial charge < -0.3 is 10.3 Å². The third-order valence-electron chi connectivity index (χ3n) is 4.36. The van der Waals surface area contributed by atoms with Gasteiger partial charge in [0.15, 0.2) is 0 Å². The SMILES string of the molecule is Cc1cc(Nc2c(C#N)cncc2-c2ccccc2Br)cc2cc[nH]c12. The van der Waals surface area contributed by atoms with E-state index >= 15 is 0 Å². The fraction of sp³-hybridized carbons (Fsp3) is 0.0476. The van der Waals surface area contributed by atoms with Crippen LogP contribution in [0.25, 0.3) is 22.0 Å². The van der Waals surface area contributed by atoms with Crippen LogP contribution >= 0.6 is 15.9 Å². The molecule has 4 nitrogen and oxygen atoms in total. The minimum Gasteiger partial charge on any atom is -0.361 e. The van der Waals surface area contributed by atoms with E-state index in [2.05, 4.69) is 56.3 Å². The summed E-state index contributed by atoms with van der Waals surface area (Å²) < 4.78 is 0.956. The molecule has 0 spiro atoms. The predicted molar refractivity (Wildman–Crippen MR) is 108 cm³/mol. The molecule has 0 radical (unpaired) electrons. The molecule has 5 heteroatoms. The first-order valence-electron chi connectivity index (χ1n) is 8.15. The van der Waals surface area contributed by atoms with E-state index < -0.39 is 0 Å². The van der Waals surface area contributed by atoms with Crippen LogP contribution in [-0.4, -0.2) is 9.97 Å². The zero-order chi connectivity index (χ0) is 18.1. The van der Waals surface area contributed by atoms with Crippen molar-refractivity contribution in [1.82, 2.24) is 9.97 Å². The van der Waals surface area contributed by atoms with Crippen molar-refractivity contribution in [2.75, 3.05) is 5.32 Å². The van der Waals surface area contributed by atoms with Gasteiger partial charge in [-0.05, 0) is 42.3 Å². The number of aryl methyl sites for hydroxylation is 1. The number of hydrogen-bond donors (Lipinski definition) is 2. The molecule has 2 heterocycles. The van der Waals surface area contributed by atoms with Gasteiger partial charge in [-0.1, -0.05) is 34.1 Å². The fourth-order valence-corrected chi connectivity index (χ4v) is 3.64. The number of aromatic nitrogens is 2. The molecule has 0 atom stereocenters. The number of benzene rings is 2. The molecule has 0 aliphatic carbocycles. The molecule has 2 aromatic heterocycles. The van der Waals surface area contributed by atoms with Crippen molar-refractivity contribution in [3.05, 3.63) is 76.7 Å². The standard InChI is InChI=1S/C21H15BrN4/c1-13-8-16(9-14-6-7-25-20(13)14)26-21-15(10-23)11-24-12-18(21)17-4-2-3-5-19(17)22/h2-9,11-12,25H,1H3,(H,24,26). The van der Waals surface area contributed by atoms with Crippen molar-refractivity contribution in [3.63, 3.8) is 0 Å². The van der Waals surface area contributed by atoms with Crippen LogP contribution in [-0.2, 0) is 0 Å². The van der Waals surface area contributed by atoms with E-state index in [1.807, 2.05) is 36.5 Å². The number of H-pyrrole nitrogens is 1. The van der Waals surface area contributed by atoms with Gasteiger partial charge in [0.05, 0.1) is 11.3 Å². The lowest BCUT2D eigenvalue weighted by Gasteiger charge is -2.15. The highest BCUT2D eigenvalue weighted by Gasteiger charge is 2.14.